The first-order valence-corrected chi connectivity index (χ1v) is 6.54. The Labute approximate surface area is 95.7 Å². The predicted octanol–water partition coefficient (Wildman–Crippen LogP) is 1.62. The highest BCUT2D eigenvalue weighted by molar-refractivity contribution is 7.93. The molecule has 0 amide bonds. The Hall–Kier alpha value is -1.07. The first kappa shape index (κ1) is 11.4. The van der Waals surface area contributed by atoms with E-state index in [4.69, 9.17) is 4.84 Å². The lowest BCUT2D eigenvalue weighted by molar-refractivity contribution is 0.156. The van der Waals surface area contributed by atoms with E-state index in [1.807, 2.05) is 0 Å². The fraction of sp³-hybridized carbons (Fsp3) is 0.455. The molecule has 0 saturated carbocycles. The van der Waals surface area contributed by atoms with Crippen LogP contribution in [-0.2, 0) is 14.7 Å². The molecule has 1 heterocycles. The van der Waals surface area contributed by atoms with E-state index in [-0.39, 0.29) is 0 Å². The molecule has 2 rings (SSSR count). The number of hydrogen-bond donors (Lipinski definition) is 0. The van der Waals surface area contributed by atoms with E-state index in [9.17, 15) is 8.42 Å². The molecule has 0 atom stereocenters. The van der Waals surface area contributed by atoms with Gasteiger partial charge in [-0.15, -0.1) is 0 Å². The molecular formula is C11H15NO3S. The minimum Gasteiger partial charge on any atom is -0.277 e. The Bertz CT molecular complexity index is 508. The van der Waals surface area contributed by atoms with Gasteiger partial charge in [-0.3, -0.25) is 9.90 Å². The number of benzene rings is 1. The van der Waals surface area contributed by atoms with Gasteiger partial charge in [0.1, 0.15) is 0 Å². The van der Waals surface area contributed by atoms with Crippen molar-refractivity contribution in [2.75, 3.05) is 18.7 Å². The quantitative estimate of drug-likeness (QED) is 0.749. The molecule has 88 valence electrons. The van der Waals surface area contributed by atoms with Crippen molar-refractivity contribution in [2.45, 2.75) is 23.5 Å². The third-order valence-corrected chi connectivity index (χ3v) is 5.40. The number of hydroxylamine groups is 1. The van der Waals surface area contributed by atoms with Crippen LogP contribution in [0.3, 0.4) is 0 Å². The minimum atomic E-state index is -3.28. The van der Waals surface area contributed by atoms with E-state index in [1.165, 1.54) is 0 Å². The maximum atomic E-state index is 12.3. The molecule has 16 heavy (non-hydrogen) atoms. The van der Waals surface area contributed by atoms with Crippen molar-refractivity contribution in [3.05, 3.63) is 24.3 Å². The Morgan fingerprint density at radius 3 is 2.56 bits per heavy atom. The average molecular weight is 241 g/mol. The first-order chi connectivity index (χ1) is 7.40. The molecule has 0 aromatic heterocycles. The first-order valence-electron chi connectivity index (χ1n) is 5.05. The van der Waals surface area contributed by atoms with Gasteiger partial charge in [-0.05, 0) is 26.0 Å². The van der Waals surface area contributed by atoms with Gasteiger partial charge in [0.2, 0.25) is 0 Å². The Morgan fingerprint density at radius 1 is 1.31 bits per heavy atom. The van der Waals surface area contributed by atoms with E-state index < -0.39 is 14.6 Å². The van der Waals surface area contributed by atoms with Crippen LogP contribution in [-0.4, -0.2) is 26.8 Å². The third kappa shape index (κ3) is 1.43. The standard InChI is InChI=1S/C11H15NO3S/c1-11(2)8-12(15-3)9-6-4-5-7-10(9)16(11,13)14/h4-7H,8H2,1-3H3. The summed E-state index contributed by atoms with van der Waals surface area (Å²) >= 11 is 0. The number of anilines is 1. The van der Waals surface area contributed by atoms with Crippen LogP contribution in [0.5, 0.6) is 0 Å². The van der Waals surface area contributed by atoms with Crippen molar-refractivity contribution < 1.29 is 13.3 Å². The summed E-state index contributed by atoms with van der Waals surface area (Å²) in [6, 6.07) is 6.91. The summed E-state index contributed by atoms with van der Waals surface area (Å²) in [7, 11) is -1.74. The Balaban J connectivity index is 2.70. The number of nitrogens with zero attached hydrogens (tertiary/aromatic N) is 1. The van der Waals surface area contributed by atoms with Crippen molar-refractivity contribution in [1.82, 2.24) is 0 Å². The smallest absolute Gasteiger partial charge is 0.187 e. The summed E-state index contributed by atoms with van der Waals surface area (Å²) in [4.78, 5) is 5.56. The van der Waals surface area contributed by atoms with Crippen LogP contribution in [0.2, 0.25) is 0 Å². The van der Waals surface area contributed by atoms with E-state index in [0.717, 1.165) is 0 Å². The molecule has 5 heteroatoms. The van der Waals surface area contributed by atoms with Gasteiger partial charge in [-0.25, -0.2) is 8.42 Å². The van der Waals surface area contributed by atoms with Crippen LogP contribution in [0.4, 0.5) is 5.69 Å². The van der Waals surface area contributed by atoms with Gasteiger partial charge in [0.25, 0.3) is 0 Å². The molecular weight excluding hydrogens is 226 g/mol. The zero-order valence-electron chi connectivity index (χ0n) is 9.60. The lowest BCUT2D eigenvalue weighted by Crippen LogP contribution is -2.48. The minimum absolute atomic E-state index is 0.336. The van der Waals surface area contributed by atoms with Gasteiger partial charge in [-0.1, -0.05) is 12.1 Å². The molecule has 0 spiro atoms. The number of hydrogen-bond acceptors (Lipinski definition) is 4. The highest BCUT2D eigenvalue weighted by Gasteiger charge is 2.44. The number of fused-ring (bicyclic) bond motifs is 1. The summed E-state index contributed by atoms with van der Waals surface area (Å²) in [5, 5.41) is 1.62. The second-order valence-corrected chi connectivity index (χ2v) is 7.00. The summed E-state index contributed by atoms with van der Waals surface area (Å²) in [6.45, 7) is 3.76. The SMILES string of the molecule is CON1CC(C)(C)S(=O)(=O)c2ccccc21. The Morgan fingerprint density at radius 2 is 1.94 bits per heavy atom. The number of sulfone groups is 1. The predicted molar refractivity (Wildman–Crippen MR) is 62.1 cm³/mol. The lowest BCUT2D eigenvalue weighted by atomic mass is 10.2. The van der Waals surface area contributed by atoms with Crippen LogP contribution >= 0.6 is 0 Å². The molecule has 0 unspecified atom stereocenters. The molecule has 0 bridgehead atoms. The molecule has 0 N–H and O–H groups in total. The molecule has 1 aromatic rings. The van der Waals surface area contributed by atoms with E-state index in [2.05, 4.69) is 0 Å². The zero-order chi connectivity index (χ0) is 12.0. The van der Waals surface area contributed by atoms with E-state index >= 15 is 0 Å². The monoisotopic (exact) mass is 241 g/mol. The lowest BCUT2D eigenvalue weighted by Gasteiger charge is -2.38. The fourth-order valence-corrected chi connectivity index (χ4v) is 3.45. The molecule has 1 aliphatic heterocycles. The van der Waals surface area contributed by atoms with E-state index in [0.29, 0.717) is 17.1 Å². The molecule has 0 aliphatic carbocycles. The Kier molecular flexibility index (Phi) is 2.47. The maximum absolute atomic E-state index is 12.3. The molecule has 0 radical (unpaired) electrons. The van der Waals surface area contributed by atoms with Crippen LogP contribution in [0.25, 0.3) is 0 Å². The largest absolute Gasteiger partial charge is 0.277 e. The molecule has 1 aromatic carbocycles. The van der Waals surface area contributed by atoms with Gasteiger partial charge in [0.15, 0.2) is 9.84 Å². The summed E-state index contributed by atoms with van der Waals surface area (Å²) in [5.41, 5.74) is 0.615. The summed E-state index contributed by atoms with van der Waals surface area (Å²) < 4.78 is 23.8. The van der Waals surface area contributed by atoms with Crippen LogP contribution in [0.1, 0.15) is 13.8 Å². The number of para-hydroxylation sites is 1. The summed E-state index contributed by atoms with van der Waals surface area (Å²) in [6.07, 6.45) is 0. The van der Waals surface area contributed by atoms with Gasteiger partial charge in [-0.2, -0.15) is 0 Å². The van der Waals surface area contributed by atoms with Crippen LogP contribution < -0.4 is 5.06 Å². The third-order valence-electron chi connectivity index (χ3n) is 2.90. The molecule has 0 fully saturated rings. The second-order valence-electron chi connectivity index (χ2n) is 4.45. The molecule has 4 nitrogen and oxygen atoms in total. The molecule has 0 saturated heterocycles. The van der Waals surface area contributed by atoms with Gasteiger partial charge < -0.3 is 0 Å². The van der Waals surface area contributed by atoms with Crippen molar-refractivity contribution >= 4 is 15.5 Å². The van der Waals surface area contributed by atoms with Crippen molar-refractivity contribution in [3.63, 3.8) is 0 Å². The zero-order valence-corrected chi connectivity index (χ0v) is 10.4. The topological polar surface area (TPSA) is 46.6 Å². The fourth-order valence-electron chi connectivity index (χ4n) is 1.87. The van der Waals surface area contributed by atoms with Gasteiger partial charge in [0, 0.05) is 0 Å². The van der Waals surface area contributed by atoms with Crippen LogP contribution in [0.15, 0.2) is 29.2 Å². The number of rotatable bonds is 1. The summed E-state index contributed by atoms with van der Waals surface area (Å²) in [5.74, 6) is 0. The van der Waals surface area contributed by atoms with Gasteiger partial charge >= 0.3 is 0 Å². The van der Waals surface area contributed by atoms with Crippen molar-refractivity contribution in [1.29, 1.82) is 0 Å². The molecule has 1 aliphatic rings. The second kappa shape index (κ2) is 3.46. The van der Waals surface area contributed by atoms with Gasteiger partial charge in [0.05, 0.1) is 29.0 Å². The average Bonchev–Trinajstić information content (AvgIpc) is 2.24. The highest BCUT2D eigenvalue weighted by atomic mass is 32.2. The van der Waals surface area contributed by atoms with Crippen molar-refractivity contribution in [2.24, 2.45) is 0 Å². The highest BCUT2D eigenvalue weighted by Crippen LogP contribution is 2.38. The van der Waals surface area contributed by atoms with Crippen molar-refractivity contribution in [3.8, 4) is 0 Å². The maximum Gasteiger partial charge on any atom is 0.187 e. The van der Waals surface area contributed by atoms with Crippen LogP contribution in [0, 0.1) is 0 Å². The van der Waals surface area contributed by atoms with E-state index in [1.54, 1.807) is 50.3 Å². The normalized spacial score (nSPS) is 21.6.